The zero-order valence-corrected chi connectivity index (χ0v) is 15.5. The van der Waals surface area contributed by atoms with Crippen molar-refractivity contribution in [1.29, 1.82) is 0 Å². The summed E-state index contributed by atoms with van der Waals surface area (Å²) in [6.07, 6.45) is 13.2. The SMILES string of the molecule is c1cc2c(cc1N1CCCCC1)OC1(CCCN(C3CCC3)CC1)C2. The van der Waals surface area contributed by atoms with Gasteiger partial charge in [0.1, 0.15) is 11.4 Å². The summed E-state index contributed by atoms with van der Waals surface area (Å²) in [6, 6.07) is 7.90. The Balaban J connectivity index is 1.30. The Kier molecular flexibility index (Phi) is 4.16. The molecule has 3 nitrogen and oxygen atoms in total. The molecule has 3 fully saturated rings. The third-order valence-corrected chi connectivity index (χ3v) is 7.13. The third kappa shape index (κ3) is 3.05. The normalized spacial score (nSPS) is 30.6. The molecular weight excluding hydrogens is 308 g/mol. The van der Waals surface area contributed by atoms with E-state index in [-0.39, 0.29) is 5.60 Å². The Morgan fingerprint density at radius 2 is 1.76 bits per heavy atom. The molecule has 1 aromatic rings. The van der Waals surface area contributed by atoms with Crippen molar-refractivity contribution in [3.63, 3.8) is 0 Å². The molecule has 136 valence electrons. The van der Waals surface area contributed by atoms with Crippen LogP contribution in [-0.2, 0) is 6.42 Å². The minimum Gasteiger partial charge on any atom is -0.487 e. The van der Waals surface area contributed by atoms with E-state index in [1.807, 2.05) is 0 Å². The molecule has 1 aromatic carbocycles. The lowest BCUT2D eigenvalue weighted by Gasteiger charge is -2.37. The molecule has 1 saturated carbocycles. The molecule has 1 aliphatic carbocycles. The Bertz CT molecular complexity index is 620. The lowest BCUT2D eigenvalue weighted by molar-refractivity contribution is 0.0695. The Morgan fingerprint density at radius 1 is 0.880 bits per heavy atom. The Labute approximate surface area is 152 Å². The first-order chi connectivity index (χ1) is 12.3. The highest BCUT2D eigenvalue weighted by Gasteiger charge is 2.41. The van der Waals surface area contributed by atoms with Crippen molar-refractivity contribution in [2.45, 2.75) is 75.9 Å². The van der Waals surface area contributed by atoms with Crippen molar-refractivity contribution < 1.29 is 4.74 Å². The van der Waals surface area contributed by atoms with Gasteiger partial charge in [-0.05, 0) is 63.1 Å². The van der Waals surface area contributed by atoms with E-state index in [1.165, 1.54) is 101 Å². The van der Waals surface area contributed by atoms with Gasteiger partial charge in [-0.15, -0.1) is 0 Å². The van der Waals surface area contributed by atoms with E-state index in [9.17, 15) is 0 Å². The summed E-state index contributed by atoms with van der Waals surface area (Å²) >= 11 is 0. The molecule has 5 rings (SSSR count). The van der Waals surface area contributed by atoms with Crippen LogP contribution in [-0.4, -0.2) is 42.7 Å². The number of benzene rings is 1. The van der Waals surface area contributed by atoms with Crippen LogP contribution in [0.5, 0.6) is 5.75 Å². The van der Waals surface area contributed by atoms with Crippen LogP contribution in [0.3, 0.4) is 0 Å². The van der Waals surface area contributed by atoms with Crippen molar-refractivity contribution in [2.75, 3.05) is 31.1 Å². The molecule has 3 aliphatic heterocycles. The minimum absolute atomic E-state index is 0.0847. The largest absolute Gasteiger partial charge is 0.487 e. The number of rotatable bonds is 2. The predicted octanol–water partition coefficient (Wildman–Crippen LogP) is 4.39. The molecular formula is C22H32N2O. The topological polar surface area (TPSA) is 15.7 Å². The molecule has 1 unspecified atom stereocenters. The van der Waals surface area contributed by atoms with Gasteiger partial charge in [0.25, 0.3) is 0 Å². The van der Waals surface area contributed by atoms with Crippen molar-refractivity contribution in [3.05, 3.63) is 23.8 Å². The van der Waals surface area contributed by atoms with Gasteiger partial charge >= 0.3 is 0 Å². The van der Waals surface area contributed by atoms with Crippen LogP contribution >= 0.6 is 0 Å². The lowest BCUT2D eigenvalue weighted by atomic mass is 9.89. The van der Waals surface area contributed by atoms with E-state index >= 15 is 0 Å². The summed E-state index contributed by atoms with van der Waals surface area (Å²) in [5, 5.41) is 0. The molecule has 0 N–H and O–H groups in total. The van der Waals surface area contributed by atoms with Crippen molar-refractivity contribution in [1.82, 2.24) is 4.90 Å². The number of hydrogen-bond donors (Lipinski definition) is 0. The number of fused-ring (bicyclic) bond motifs is 1. The third-order valence-electron chi connectivity index (χ3n) is 7.13. The van der Waals surface area contributed by atoms with Crippen LogP contribution in [0.2, 0.25) is 0 Å². The zero-order chi connectivity index (χ0) is 16.7. The molecule has 4 aliphatic rings. The molecule has 0 amide bonds. The van der Waals surface area contributed by atoms with Crippen molar-refractivity contribution in [3.8, 4) is 5.75 Å². The fourth-order valence-corrected chi connectivity index (χ4v) is 5.33. The van der Waals surface area contributed by atoms with Crippen molar-refractivity contribution >= 4 is 5.69 Å². The molecule has 0 radical (unpaired) electrons. The maximum Gasteiger partial charge on any atom is 0.125 e. The second-order valence-electron chi connectivity index (χ2n) is 8.78. The van der Waals surface area contributed by atoms with E-state index in [0.717, 1.165) is 12.5 Å². The second-order valence-corrected chi connectivity index (χ2v) is 8.78. The highest BCUT2D eigenvalue weighted by Crippen LogP contribution is 2.43. The van der Waals surface area contributed by atoms with Gasteiger partial charge in [-0.1, -0.05) is 12.5 Å². The number of likely N-dealkylation sites (tertiary alicyclic amines) is 1. The summed E-state index contributed by atoms with van der Waals surface area (Å²) < 4.78 is 6.67. The molecule has 1 spiro atoms. The highest BCUT2D eigenvalue weighted by molar-refractivity contribution is 5.56. The Hall–Kier alpha value is -1.22. The Morgan fingerprint density at radius 3 is 2.56 bits per heavy atom. The first-order valence-electron chi connectivity index (χ1n) is 10.6. The smallest absolute Gasteiger partial charge is 0.125 e. The molecule has 0 aromatic heterocycles. The maximum atomic E-state index is 6.67. The number of anilines is 1. The predicted molar refractivity (Wildman–Crippen MR) is 103 cm³/mol. The van der Waals surface area contributed by atoms with Gasteiger partial charge in [-0.3, -0.25) is 0 Å². The second kappa shape index (κ2) is 6.50. The van der Waals surface area contributed by atoms with Crippen LogP contribution in [0.1, 0.15) is 63.4 Å². The van der Waals surface area contributed by atoms with Crippen LogP contribution in [0.15, 0.2) is 18.2 Å². The molecule has 1 atom stereocenters. The van der Waals surface area contributed by atoms with Crippen LogP contribution in [0.25, 0.3) is 0 Å². The quantitative estimate of drug-likeness (QED) is 0.794. The monoisotopic (exact) mass is 340 g/mol. The van der Waals surface area contributed by atoms with Gasteiger partial charge in [-0.25, -0.2) is 0 Å². The summed E-state index contributed by atoms with van der Waals surface area (Å²) in [6.45, 7) is 4.93. The molecule has 0 bridgehead atoms. The fourth-order valence-electron chi connectivity index (χ4n) is 5.33. The van der Waals surface area contributed by atoms with Crippen molar-refractivity contribution in [2.24, 2.45) is 0 Å². The summed E-state index contributed by atoms with van der Waals surface area (Å²) in [4.78, 5) is 5.30. The van der Waals surface area contributed by atoms with Crippen LogP contribution < -0.4 is 9.64 Å². The van der Waals surface area contributed by atoms with Gasteiger partial charge in [-0.2, -0.15) is 0 Å². The summed E-state index contributed by atoms with van der Waals surface area (Å²) in [5.74, 6) is 1.18. The van der Waals surface area contributed by atoms with Gasteiger partial charge in [0.15, 0.2) is 0 Å². The zero-order valence-electron chi connectivity index (χ0n) is 15.5. The van der Waals surface area contributed by atoms with Crippen LogP contribution in [0.4, 0.5) is 5.69 Å². The van der Waals surface area contributed by atoms with E-state index < -0.39 is 0 Å². The first-order valence-corrected chi connectivity index (χ1v) is 10.6. The number of piperidine rings is 1. The average molecular weight is 341 g/mol. The number of hydrogen-bond acceptors (Lipinski definition) is 3. The molecule has 2 saturated heterocycles. The standard InChI is InChI=1S/C22H32N2O/c1-2-12-23(13-3-1)20-9-8-18-17-22(25-21(18)16-20)10-5-14-24(15-11-22)19-6-4-7-19/h8-9,16,19H,1-7,10-15,17H2. The summed E-state index contributed by atoms with van der Waals surface area (Å²) in [7, 11) is 0. The number of ether oxygens (including phenoxy) is 1. The molecule has 3 heteroatoms. The van der Waals surface area contributed by atoms with Gasteiger partial charge in [0.2, 0.25) is 0 Å². The van der Waals surface area contributed by atoms with E-state index in [1.54, 1.807) is 0 Å². The van der Waals surface area contributed by atoms with Gasteiger partial charge in [0.05, 0.1) is 0 Å². The summed E-state index contributed by atoms with van der Waals surface area (Å²) in [5.41, 5.74) is 2.90. The molecule has 25 heavy (non-hydrogen) atoms. The van der Waals surface area contributed by atoms with Gasteiger partial charge in [0, 0.05) is 50.3 Å². The maximum absolute atomic E-state index is 6.67. The molecule has 3 heterocycles. The first kappa shape index (κ1) is 16.0. The highest BCUT2D eigenvalue weighted by atomic mass is 16.5. The van der Waals surface area contributed by atoms with Crippen LogP contribution in [0, 0.1) is 0 Å². The van der Waals surface area contributed by atoms with Gasteiger partial charge < -0.3 is 14.5 Å². The van der Waals surface area contributed by atoms with E-state index in [4.69, 9.17) is 4.74 Å². The minimum atomic E-state index is 0.0847. The lowest BCUT2D eigenvalue weighted by Crippen LogP contribution is -2.42. The average Bonchev–Trinajstić information content (AvgIpc) is 2.84. The van der Waals surface area contributed by atoms with E-state index in [0.29, 0.717) is 0 Å². The fraction of sp³-hybridized carbons (Fsp3) is 0.727. The number of nitrogens with zero attached hydrogens (tertiary/aromatic N) is 2. The van der Waals surface area contributed by atoms with E-state index in [2.05, 4.69) is 28.0 Å².